The number of hydrogen-bond acceptors (Lipinski definition) is 9. The number of hydrogen-bond donors (Lipinski definition) is 2. The molecule has 2 aliphatic rings. The lowest BCUT2D eigenvalue weighted by atomic mass is 10.0. The number of piperidine rings is 1. The van der Waals surface area contributed by atoms with Crippen LogP contribution in [0.15, 0.2) is 35.3 Å². The predicted octanol–water partition coefficient (Wildman–Crippen LogP) is 3.45. The zero-order valence-corrected chi connectivity index (χ0v) is 24.4. The molecule has 0 spiro atoms. The quantitative estimate of drug-likeness (QED) is 0.250. The van der Waals surface area contributed by atoms with Crippen LogP contribution in [-0.2, 0) is 14.1 Å². The van der Waals surface area contributed by atoms with Gasteiger partial charge in [-0.05, 0) is 49.4 Å². The van der Waals surface area contributed by atoms with Gasteiger partial charge in [0.2, 0.25) is 5.95 Å². The highest BCUT2D eigenvalue weighted by molar-refractivity contribution is 7.97. The fourth-order valence-corrected chi connectivity index (χ4v) is 6.41. The maximum absolute atomic E-state index is 13.6. The van der Waals surface area contributed by atoms with Crippen molar-refractivity contribution in [2.75, 3.05) is 29.6 Å². The van der Waals surface area contributed by atoms with Gasteiger partial charge in [0.05, 0.1) is 28.3 Å². The Morgan fingerprint density at radius 3 is 2.60 bits per heavy atom. The fourth-order valence-electron chi connectivity index (χ4n) is 5.98. The van der Waals surface area contributed by atoms with Crippen LogP contribution in [0.4, 0.5) is 11.6 Å². The first-order valence-electron chi connectivity index (χ1n) is 13.0. The second-order valence-electron chi connectivity index (χ2n) is 10.6. The number of pyridine rings is 1. The van der Waals surface area contributed by atoms with Crippen LogP contribution in [0.5, 0.6) is 0 Å². The number of anilines is 2. The van der Waals surface area contributed by atoms with E-state index in [1.54, 1.807) is 34.7 Å². The molecule has 1 aromatic carbocycles. The molecule has 1 saturated carbocycles. The standard InChI is InChI=1S/C27H30ClN9O2S/c1-13-8-15(14(2)29-19-6-7-21(28)30-24(19)25(38)33-40-5)23-16(9-13)26(39)36(4)27(31-23)37-10-17-18(11-37)22(17)20-12-35(3)34-32-20/h6-9,12,14,17-18,22,29H,10-11H2,1-5H3,(H,33,38). The minimum atomic E-state index is -0.347. The monoisotopic (exact) mass is 579 g/mol. The van der Waals surface area contributed by atoms with E-state index in [0.29, 0.717) is 40.3 Å². The Labute approximate surface area is 240 Å². The molecule has 3 unspecified atom stereocenters. The predicted molar refractivity (Wildman–Crippen MR) is 157 cm³/mol. The molecule has 2 N–H and O–H groups in total. The lowest BCUT2D eigenvalue weighted by Gasteiger charge is -2.25. The summed E-state index contributed by atoms with van der Waals surface area (Å²) in [5, 5.41) is 12.6. The van der Waals surface area contributed by atoms with Crippen LogP contribution in [0.1, 0.15) is 46.2 Å². The molecule has 0 bridgehead atoms. The SMILES string of the molecule is CSNC(=O)c1nc(Cl)ccc1NC(C)c1cc(C)cc2c(=O)n(C)c(N3CC4C(C3)C4c3cn(C)nn3)nc12. The molecule has 11 nitrogen and oxygen atoms in total. The van der Waals surface area contributed by atoms with Crippen LogP contribution >= 0.6 is 23.5 Å². The van der Waals surface area contributed by atoms with E-state index in [1.165, 1.54) is 11.9 Å². The Bertz CT molecular complexity index is 1690. The first kappa shape index (κ1) is 26.6. The Morgan fingerprint density at radius 2 is 1.93 bits per heavy atom. The largest absolute Gasteiger partial charge is 0.377 e. The number of carbonyl (C=O) groups is 1. The van der Waals surface area contributed by atoms with Crippen molar-refractivity contribution in [1.29, 1.82) is 0 Å². The molecule has 1 amide bonds. The zero-order chi connectivity index (χ0) is 28.3. The Kier molecular flexibility index (Phi) is 6.70. The lowest BCUT2D eigenvalue weighted by molar-refractivity contribution is 0.0980. The van der Waals surface area contributed by atoms with E-state index in [1.807, 2.05) is 39.2 Å². The smallest absolute Gasteiger partial charge is 0.281 e. The van der Waals surface area contributed by atoms with Crippen molar-refractivity contribution < 1.29 is 4.79 Å². The van der Waals surface area contributed by atoms with E-state index in [0.717, 1.165) is 29.9 Å². The second kappa shape index (κ2) is 10.1. The number of rotatable bonds is 7. The van der Waals surface area contributed by atoms with Gasteiger partial charge >= 0.3 is 0 Å². The highest BCUT2D eigenvalue weighted by atomic mass is 35.5. The summed E-state index contributed by atoms with van der Waals surface area (Å²) in [7, 11) is 3.67. The number of benzene rings is 1. The average molecular weight is 580 g/mol. The van der Waals surface area contributed by atoms with Crippen LogP contribution in [0.3, 0.4) is 0 Å². The summed E-state index contributed by atoms with van der Waals surface area (Å²) in [6.45, 7) is 5.58. The van der Waals surface area contributed by atoms with Crippen molar-refractivity contribution in [2.24, 2.45) is 25.9 Å². The van der Waals surface area contributed by atoms with Gasteiger partial charge < -0.3 is 10.2 Å². The Hall–Kier alpha value is -3.64. The third-order valence-electron chi connectivity index (χ3n) is 7.88. The van der Waals surface area contributed by atoms with E-state index in [-0.39, 0.29) is 28.4 Å². The van der Waals surface area contributed by atoms with E-state index in [4.69, 9.17) is 16.6 Å². The van der Waals surface area contributed by atoms with Gasteiger partial charge in [-0.2, -0.15) is 0 Å². The van der Waals surface area contributed by atoms with Crippen molar-refractivity contribution in [1.82, 2.24) is 34.3 Å². The lowest BCUT2D eigenvalue weighted by Crippen LogP contribution is -2.32. The molecule has 2 fully saturated rings. The van der Waals surface area contributed by atoms with Crippen molar-refractivity contribution in [3.8, 4) is 0 Å². The number of aromatic nitrogens is 6. The fraction of sp³-hybridized carbons (Fsp3) is 0.407. The van der Waals surface area contributed by atoms with Crippen LogP contribution in [-0.4, -0.2) is 54.8 Å². The molecule has 1 saturated heterocycles. The summed E-state index contributed by atoms with van der Waals surface area (Å²) in [6.07, 6.45) is 3.76. The molecule has 1 aliphatic carbocycles. The molecule has 208 valence electrons. The van der Waals surface area contributed by atoms with Crippen molar-refractivity contribution in [2.45, 2.75) is 25.8 Å². The van der Waals surface area contributed by atoms with Crippen LogP contribution < -0.4 is 20.5 Å². The van der Waals surface area contributed by atoms with Crippen molar-refractivity contribution in [3.05, 3.63) is 68.5 Å². The Balaban J connectivity index is 1.33. The molecular weight excluding hydrogens is 550 g/mol. The molecule has 3 aromatic heterocycles. The van der Waals surface area contributed by atoms with E-state index in [2.05, 4.69) is 30.2 Å². The topological polar surface area (TPSA) is 123 Å². The second-order valence-corrected chi connectivity index (χ2v) is 11.6. The summed E-state index contributed by atoms with van der Waals surface area (Å²) in [4.78, 5) is 37.8. The number of fused-ring (bicyclic) bond motifs is 2. The normalized spacial score (nSPS) is 20.4. The molecule has 3 atom stereocenters. The summed E-state index contributed by atoms with van der Waals surface area (Å²) in [5.41, 5.74) is 4.15. The first-order chi connectivity index (χ1) is 19.2. The highest BCUT2D eigenvalue weighted by Crippen LogP contribution is 2.58. The molecule has 1 aliphatic heterocycles. The van der Waals surface area contributed by atoms with Gasteiger partial charge in [-0.3, -0.25) is 23.6 Å². The number of amides is 1. The van der Waals surface area contributed by atoms with E-state index >= 15 is 0 Å². The van der Waals surface area contributed by atoms with E-state index in [9.17, 15) is 9.59 Å². The summed E-state index contributed by atoms with van der Waals surface area (Å²) in [6, 6.07) is 7.01. The average Bonchev–Trinajstić information content (AvgIpc) is 3.21. The number of halogens is 1. The van der Waals surface area contributed by atoms with Gasteiger partial charge in [-0.15, -0.1) is 5.10 Å². The number of aryl methyl sites for hydroxylation is 2. The maximum atomic E-state index is 13.6. The van der Waals surface area contributed by atoms with E-state index < -0.39 is 0 Å². The molecule has 6 rings (SSSR count). The molecule has 0 radical (unpaired) electrons. The van der Waals surface area contributed by atoms with Gasteiger partial charge in [0.25, 0.3) is 11.5 Å². The van der Waals surface area contributed by atoms with Crippen LogP contribution in [0.2, 0.25) is 5.15 Å². The van der Waals surface area contributed by atoms with Gasteiger partial charge in [0.15, 0.2) is 5.69 Å². The van der Waals surface area contributed by atoms with Gasteiger partial charge in [0, 0.05) is 51.1 Å². The number of carbonyl (C=O) groups excluding carboxylic acids is 1. The molecular formula is C27H30ClN9O2S. The van der Waals surface area contributed by atoms with Crippen LogP contribution in [0.25, 0.3) is 10.9 Å². The summed E-state index contributed by atoms with van der Waals surface area (Å²) in [5.74, 6) is 1.68. The number of nitrogens with zero attached hydrogens (tertiary/aromatic N) is 7. The third-order valence-corrected chi connectivity index (χ3v) is 8.48. The molecule has 4 heterocycles. The van der Waals surface area contributed by atoms with Gasteiger partial charge in [0.1, 0.15) is 5.15 Å². The Morgan fingerprint density at radius 1 is 1.18 bits per heavy atom. The van der Waals surface area contributed by atoms with Crippen molar-refractivity contribution in [3.63, 3.8) is 0 Å². The minimum Gasteiger partial charge on any atom is -0.377 e. The zero-order valence-electron chi connectivity index (χ0n) is 22.8. The maximum Gasteiger partial charge on any atom is 0.281 e. The third kappa shape index (κ3) is 4.58. The summed E-state index contributed by atoms with van der Waals surface area (Å²) < 4.78 is 6.10. The number of nitrogens with one attached hydrogen (secondary N) is 2. The first-order valence-corrected chi connectivity index (χ1v) is 14.7. The highest BCUT2D eigenvalue weighted by Gasteiger charge is 2.58. The van der Waals surface area contributed by atoms with Gasteiger partial charge in [-0.25, -0.2) is 9.97 Å². The van der Waals surface area contributed by atoms with Crippen LogP contribution in [0, 0.1) is 18.8 Å². The minimum absolute atomic E-state index is 0.0867. The molecule has 4 aromatic rings. The van der Waals surface area contributed by atoms with Gasteiger partial charge in [-0.1, -0.05) is 34.8 Å². The molecule has 40 heavy (non-hydrogen) atoms. The van der Waals surface area contributed by atoms with Crippen molar-refractivity contribution >= 4 is 52.0 Å². The summed E-state index contributed by atoms with van der Waals surface area (Å²) >= 11 is 7.29. The molecule has 13 heteroatoms.